The van der Waals surface area contributed by atoms with E-state index in [2.05, 4.69) is 10.3 Å². The Morgan fingerprint density at radius 1 is 1.11 bits per heavy atom. The van der Waals surface area contributed by atoms with Gasteiger partial charge in [-0.25, -0.2) is 13.4 Å². The molecule has 0 radical (unpaired) electrons. The largest absolute Gasteiger partial charge is 0.351 e. The summed E-state index contributed by atoms with van der Waals surface area (Å²) in [5.74, 6) is -0.0230. The van der Waals surface area contributed by atoms with Gasteiger partial charge in [0.1, 0.15) is 0 Å². The molecule has 0 fully saturated rings. The van der Waals surface area contributed by atoms with Gasteiger partial charge < -0.3 is 5.32 Å². The predicted octanol–water partition coefficient (Wildman–Crippen LogP) is 4.00. The van der Waals surface area contributed by atoms with Crippen molar-refractivity contribution in [1.29, 1.82) is 0 Å². The Morgan fingerprint density at radius 2 is 1.82 bits per heavy atom. The molecule has 3 rings (SSSR count). The first-order chi connectivity index (χ1) is 13.4. The van der Waals surface area contributed by atoms with Crippen molar-refractivity contribution in [2.24, 2.45) is 0 Å². The second kappa shape index (κ2) is 8.89. The van der Waals surface area contributed by atoms with Crippen LogP contribution in [0.5, 0.6) is 0 Å². The molecule has 0 saturated heterocycles. The highest BCUT2D eigenvalue weighted by molar-refractivity contribution is 8.02. The Kier molecular flexibility index (Phi) is 6.53. The van der Waals surface area contributed by atoms with Crippen molar-refractivity contribution >= 4 is 38.8 Å². The van der Waals surface area contributed by atoms with Gasteiger partial charge in [0.2, 0.25) is 15.7 Å². The number of thioether (sulfide) groups is 1. The highest BCUT2D eigenvalue weighted by Gasteiger charge is 2.25. The molecular formula is C20H20N2O3S3. The summed E-state index contributed by atoms with van der Waals surface area (Å²) in [4.78, 5) is 16.4. The first-order valence-corrected chi connectivity index (χ1v) is 11.9. The van der Waals surface area contributed by atoms with Gasteiger partial charge in [0.05, 0.1) is 20.4 Å². The lowest BCUT2D eigenvalue weighted by Gasteiger charge is -2.08. The van der Waals surface area contributed by atoms with Crippen LogP contribution in [0.25, 0.3) is 0 Å². The van der Waals surface area contributed by atoms with Crippen molar-refractivity contribution in [2.75, 3.05) is 5.75 Å². The summed E-state index contributed by atoms with van der Waals surface area (Å²) in [7, 11) is -3.71. The normalized spacial score (nSPS) is 11.4. The molecular weight excluding hydrogens is 412 g/mol. The second-order valence-corrected chi connectivity index (χ2v) is 10.2. The number of benzene rings is 2. The van der Waals surface area contributed by atoms with Crippen molar-refractivity contribution in [3.63, 3.8) is 0 Å². The molecule has 0 aliphatic rings. The molecule has 0 atom stereocenters. The molecule has 0 spiro atoms. The van der Waals surface area contributed by atoms with E-state index in [4.69, 9.17) is 0 Å². The van der Waals surface area contributed by atoms with Crippen molar-refractivity contribution < 1.29 is 13.2 Å². The summed E-state index contributed by atoms with van der Waals surface area (Å²) in [5, 5.41) is 2.89. The van der Waals surface area contributed by atoms with E-state index in [0.717, 1.165) is 16.7 Å². The summed E-state index contributed by atoms with van der Waals surface area (Å²) in [6, 6.07) is 14.5. The lowest BCUT2D eigenvalue weighted by molar-refractivity contribution is -0.118. The van der Waals surface area contributed by atoms with Crippen LogP contribution in [0.15, 0.2) is 68.2 Å². The molecule has 1 aromatic heterocycles. The lowest BCUT2D eigenvalue weighted by Crippen LogP contribution is -2.24. The van der Waals surface area contributed by atoms with Gasteiger partial charge in [-0.15, -0.1) is 23.1 Å². The maximum atomic E-state index is 12.9. The number of aromatic nitrogens is 1. The van der Waals surface area contributed by atoms with Crippen LogP contribution < -0.4 is 5.32 Å². The van der Waals surface area contributed by atoms with Gasteiger partial charge >= 0.3 is 0 Å². The average molecular weight is 433 g/mol. The van der Waals surface area contributed by atoms with Gasteiger partial charge in [0.25, 0.3) is 0 Å². The minimum Gasteiger partial charge on any atom is -0.351 e. The van der Waals surface area contributed by atoms with Crippen LogP contribution >= 0.6 is 23.1 Å². The fourth-order valence-electron chi connectivity index (χ4n) is 2.51. The molecule has 0 saturated carbocycles. The molecule has 0 aliphatic heterocycles. The molecule has 0 aliphatic carbocycles. The van der Waals surface area contributed by atoms with Gasteiger partial charge in [-0.2, -0.15) is 0 Å². The summed E-state index contributed by atoms with van der Waals surface area (Å²) in [6.07, 6.45) is 0. The fourth-order valence-corrected chi connectivity index (χ4v) is 6.21. The first-order valence-electron chi connectivity index (χ1n) is 8.57. The Morgan fingerprint density at radius 3 is 2.54 bits per heavy atom. The number of amides is 1. The molecule has 28 heavy (non-hydrogen) atoms. The van der Waals surface area contributed by atoms with Gasteiger partial charge in [-0.1, -0.05) is 42.0 Å². The van der Waals surface area contributed by atoms with Crippen LogP contribution in [0.2, 0.25) is 0 Å². The summed E-state index contributed by atoms with van der Waals surface area (Å²) < 4.78 is 26.2. The van der Waals surface area contributed by atoms with Crippen molar-refractivity contribution in [3.8, 4) is 0 Å². The molecule has 5 nitrogen and oxygen atoms in total. The fraction of sp³-hybridized carbons (Fsp3) is 0.200. The monoisotopic (exact) mass is 432 g/mol. The molecule has 1 N–H and O–H groups in total. The number of nitrogens with one attached hydrogen (secondary N) is 1. The number of thiazole rings is 1. The molecule has 3 aromatic rings. The van der Waals surface area contributed by atoms with Crippen molar-refractivity contribution in [2.45, 2.75) is 34.5 Å². The van der Waals surface area contributed by atoms with E-state index in [-0.39, 0.29) is 21.6 Å². The summed E-state index contributed by atoms with van der Waals surface area (Å²) in [5.41, 5.74) is 4.65. The minimum absolute atomic E-state index is 0.0121. The van der Waals surface area contributed by atoms with E-state index in [1.165, 1.54) is 28.6 Å². The maximum Gasteiger partial charge on any atom is 0.230 e. The van der Waals surface area contributed by atoms with Crippen LogP contribution in [0.4, 0.5) is 0 Å². The second-order valence-electron chi connectivity index (χ2n) is 6.25. The van der Waals surface area contributed by atoms with Crippen LogP contribution in [-0.4, -0.2) is 25.1 Å². The molecule has 1 heterocycles. The quantitative estimate of drug-likeness (QED) is 0.571. The third kappa shape index (κ3) is 4.81. The Balaban J connectivity index is 1.65. The van der Waals surface area contributed by atoms with Crippen LogP contribution in [-0.2, 0) is 21.2 Å². The van der Waals surface area contributed by atoms with Crippen molar-refractivity contribution in [1.82, 2.24) is 10.3 Å². The van der Waals surface area contributed by atoms with E-state index in [1.807, 2.05) is 38.1 Å². The zero-order valence-electron chi connectivity index (χ0n) is 15.5. The highest BCUT2D eigenvalue weighted by Crippen LogP contribution is 2.33. The lowest BCUT2D eigenvalue weighted by atomic mass is 10.1. The SMILES string of the molecule is Cc1ccc(S(=O)(=O)c2ncsc2SCC(=O)NCc2ccccc2C)cc1. The molecule has 2 aromatic carbocycles. The zero-order chi connectivity index (χ0) is 20.1. The van der Waals surface area contributed by atoms with Crippen LogP contribution in [0.1, 0.15) is 16.7 Å². The number of hydrogen-bond acceptors (Lipinski definition) is 6. The van der Waals surface area contributed by atoms with Gasteiger partial charge in [0.15, 0.2) is 5.03 Å². The summed E-state index contributed by atoms with van der Waals surface area (Å²) in [6.45, 7) is 4.34. The molecule has 0 bridgehead atoms. The standard InChI is InChI=1S/C20H20N2O3S3/c1-14-7-9-17(10-8-14)28(24,25)19-20(27-13-22-19)26-12-18(23)21-11-16-6-4-3-5-15(16)2/h3-10,13H,11-12H2,1-2H3,(H,21,23). The number of rotatable bonds is 7. The number of carbonyl (C=O) groups is 1. The zero-order valence-corrected chi connectivity index (χ0v) is 18.0. The number of hydrogen-bond donors (Lipinski definition) is 1. The first kappa shape index (κ1) is 20.6. The van der Waals surface area contributed by atoms with Crippen LogP contribution in [0.3, 0.4) is 0 Å². The van der Waals surface area contributed by atoms with E-state index in [1.54, 1.807) is 24.3 Å². The minimum atomic E-state index is -3.71. The predicted molar refractivity (Wildman–Crippen MR) is 112 cm³/mol. The number of carbonyl (C=O) groups excluding carboxylic acids is 1. The van der Waals surface area contributed by atoms with E-state index in [9.17, 15) is 13.2 Å². The number of sulfone groups is 1. The Bertz CT molecular complexity index is 1070. The van der Waals surface area contributed by atoms with Crippen molar-refractivity contribution in [3.05, 3.63) is 70.7 Å². The topological polar surface area (TPSA) is 76.1 Å². The Labute approximate surface area is 173 Å². The third-order valence-corrected chi connectivity index (χ3v) is 8.25. The smallest absolute Gasteiger partial charge is 0.230 e. The number of aryl methyl sites for hydroxylation is 2. The molecule has 146 valence electrons. The van der Waals surface area contributed by atoms with Gasteiger partial charge in [0, 0.05) is 6.54 Å². The van der Waals surface area contributed by atoms with E-state index < -0.39 is 9.84 Å². The molecule has 1 amide bonds. The summed E-state index contributed by atoms with van der Waals surface area (Å²) >= 11 is 2.42. The third-order valence-electron chi connectivity index (χ3n) is 4.16. The highest BCUT2D eigenvalue weighted by atomic mass is 32.2. The van der Waals surface area contributed by atoms with Crippen LogP contribution in [0, 0.1) is 13.8 Å². The van der Waals surface area contributed by atoms with Gasteiger partial charge in [-0.05, 0) is 37.1 Å². The van der Waals surface area contributed by atoms with E-state index in [0.29, 0.717) is 10.8 Å². The maximum absolute atomic E-state index is 12.9. The molecule has 0 unspecified atom stereocenters. The van der Waals surface area contributed by atoms with Gasteiger partial charge in [-0.3, -0.25) is 4.79 Å². The number of nitrogens with zero attached hydrogens (tertiary/aromatic N) is 1. The molecule has 8 heteroatoms. The Hall–Kier alpha value is -2.16. The average Bonchev–Trinajstić information content (AvgIpc) is 3.15. The van der Waals surface area contributed by atoms with E-state index >= 15 is 0 Å².